The van der Waals surface area contributed by atoms with Crippen LogP contribution in [-0.4, -0.2) is 31.6 Å². The van der Waals surface area contributed by atoms with Crippen molar-refractivity contribution in [3.63, 3.8) is 0 Å². The molecule has 0 fully saturated rings. The molecule has 0 saturated heterocycles. The molecule has 0 saturated carbocycles. The van der Waals surface area contributed by atoms with Crippen molar-refractivity contribution in [2.45, 2.75) is 0 Å². The lowest BCUT2D eigenvalue weighted by Gasteiger charge is -2.02. The SMILES string of the molecule is C=Cc1cnn2ccc(-c3c[nH]c4nc(NC)ncc34)cc12. The summed E-state index contributed by atoms with van der Waals surface area (Å²) in [6.07, 6.45) is 9.34. The minimum atomic E-state index is 0.598. The molecule has 108 valence electrons. The van der Waals surface area contributed by atoms with Gasteiger partial charge >= 0.3 is 0 Å². The maximum absolute atomic E-state index is 4.41. The molecule has 6 nitrogen and oxygen atoms in total. The van der Waals surface area contributed by atoms with E-state index in [4.69, 9.17) is 0 Å². The van der Waals surface area contributed by atoms with Crippen LogP contribution in [0.4, 0.5) is 5.95 Å². The van der Waals surface area contributed by atoms with Crippen LogP contribution in [0.3, 0.4) is 0 Å². The Labute approximate surface area is 126 Å². The van der Waals surface area contributed by atoms with Crippen molar-refractivity contribution in [3.05, 3.63) is 49.1 Å². The molecular weight excluding hydrogens is 276 g/mol. The molecule has 6 heteroatoms. The second-order valence-electron chi connectivity index (χ2n) is 4.96. The van der Waals surface area contributed by atoms with Crippen LogP contribution in [0.15, 0.2) is 43.5 Å². The second-order valence-corrected chi connectivity index (χ2v) is 4.96. The number of pyridine rings is 1. The standard InChI is InChI=1S/C16H14N6/c1-3-10-7-20-22-5-4-11(6-14(10)22)12-8-18-15-13(12)9-19-16(17-2)21-15/h3-9H,1H2,2H3,(H2,17,18,19,21). The number of fused-ring (bicyclic) bond motifs is 2. The Morgan fingerprint density at radius 3 is 3.09 bits per heavy atom. The Hall–Kier alpha value is -3.15. The van der Waals surface area contributed by atoms with Gasteiger partial charge in [-0.3, -0.25) is 0 Å². The van der Waals surface area contributed by atoms with Crippen molar-refractivity contribution in [2.75, 3.05) is 12.4 Å². The summed E-state index contributed by atoms with van der Waals surface area (Å²) in [5.41, 5.74) is 5.00. The number of hydrogen-bond donors (Lipinski definition) is 2. The third kappa shape index (κ3) is 1.77. The van der Waals surface area contributed by atoms with Crippen molar-refractivity contribution >= 4 is 28.6 Å². The van der Waals surface area contributed by atoms with Crippen LogP contribution in [0.1, 0.15) is 5.56 Å². The average Bonchev–Trinajstić information content (AvgIpc) is 3.17. The number of H-pyrrole nitrogens is 1. The Kier molecular flexibility index (Phi) is 2.69. The van der Waals surface area contributed by atoms with Gasteiger partial charge in [-0.2, -0.15) is 10.1 Å². The lowest BCUT2D eigenvalue weighted by molar-refractivity contribution is 0.962. The largest absolute Gasteiger partial charge is 0.357 e. The van der Waals surface area contributed by atoms with Crippen molar-refractivity contribution in [1.29, 1.82) is 0 Å². The van der Waals surface area contributed by atoms with E-state index in [9.17, 15) is 0 Å². The zero-order valence-corrected chi connectivity index (χ0v) is 12.0. The number of aromatic amines is 1. The van der Waals surface area contributed by atoms with Crippen LogP contribution in [-0.2, 0) is 0 Å². The van der Waals surface area contributed by atoms with Gasteiger partial charge in [0, 0.05) is 42.2 Å². The van der Waals surface area contributed by atoms with E-state index in [1.807, 2.05) is 41.4 Å². The first-order chi connectivity index (χ1) is 10.8. The van der Waals surface area contributed by atoms with E-state index in [1.165, 1.54) is 0 Å². The maximum Gasteiger partial charge on any atom is 0.224 e. The van der Waals surface area contributed by atoms with E-state index >= 15 is 0 Å². The quantitative estimate of drug-likeness (QED) is 0.608. The third-order valence-electron chi connectivity index (χ3n) is 3.74. The lowest BCUT2D eigenvalue weighted by atomic mass is 10.1. The normalized spacial score (nSPS) is 11.1. The predicted molar refractivity (Wildman–Crippen MR) is 87.7 cm³/mol. The lowest BCUT2D eigenvalue weighted by Crippen LogP contribution is -1.95. The Balaban J connectivity index is 1.92. The number of hydrogen-bond acceptors (Lipinski definition) is 4. The number of nitrogens with zero attached hydrogens (tertiary/aromatic N) is 4. The molecule has 4 aromatic rings. The van der Waals surface area contributed by atoms with Gasteiger partial charge in [-0.15, -0.1) is 0 Å². The topological polar surface area (TPSA) is 70.9 Å². The summed E-state index contributed by atoms with van der Waals surface area (Å²) in [5, 5.41) is 8.23. The number of nitrogens with one attached hydrogen (secondary N) is 2. The van der Waals surface area contributed by atoms with Gasteiger partial charge in [0.2, 0.25) is 5.95 Å². The zero-order valence-electron chi connectivity index (χ0n) is 12.0. The van der Waals surface area contributed by atoms with E-state index in [0.717, 1.165) is 33.2 Å². The van der Waals surface area contributed by atoms with Gasteiger partial charge in [0.05, 0.1) is 11.7 Å². The van der Waals surface area contributed by atoms with Crippen molar-refractivity contribution in [1.82, 2.24) is 24.6 Å². The van der Waals surface area contributed by atoms with Gasteiger partial charge in [-0.05, 0) is 17.7 Å². The smallest absolute Gasteiger partial charge is 0.224 e. The van der Waals surface area contributed by atoms with Crippen LogP contribution in [0, 0.1) is 0 Å². The summed E-state index contributed by atoms with van der Waals surface area (Å²) in [6, 6.07) is 4.13. The monoisotopic (exact) mass is 290 g/mol. The molecule has 0 amide bonds. The van der Waals surface area contributed by atoms with Crippen molar-refractivity contribution in [2.24, 2.45) is 0 Å². The Morgan fingerprint density at radius 1 is 1.36 bits per heavy atom. The molecule has 22 heavy (non-hydrogen) atoms. The molecule has 0 bridgehead atoms. The van der Waals surface area contributed by atoms with Gasteiger partial charge in [0.15, 0.2) is 0 Å². The van der Waals surface area contributed by atoms with Crippen molar-refractivity contribution in [3.8, 4) is 11.1 Å². The van der Waals surface area contributed by atoms with Crippen LogP contribution in [0.5, 0.6) is 0 Å². The first-order valence-electron chi connectivity index (χ1n) is 6.92. The Morgan fingerprint density at radius 2 is 2.27 bits per heavy atom. The van der Waals surface area contributed by atoms with Gasteiger partial charge in [0.25, 0.3) is 0 Å². The molecule has 0 aliphatic heterocycles. The number of aromatic nitrogens is 5. The minimum Gasteiger partial charge on any atom is -0.357 e. The molecular formula is C16H14N6. The molecule has 0 radical (unpaired) electrons. The summed E-state index contributed by atoms with van der Waals surface area (Å²) in [6.45, 7) is 3.83. The summed E-state index contributed by atoms with van der Waals surface area (Å²) in [5.74, 6) is 0.598. The maximum atomic E-state index is 4.41. The molecule has 0 spiro atoms. The summed E-state index contributed by atoms with van der Waals surface area (Å²) in [7, 11) is 1.80. The van der Waals surface area contributed by atoms with Crippen LogP contribution < -0.4 is 5.32 Å². The summed E-state index contributed by atoms with van der Waals surface area (Å²) < 4.78 is 1.84. The zero-order chi connectivity index (χ0) is 15.1. The van der Waals surface area contributed by atoms with Crippen molar-refractivity contribution < 1.29 is 0 Å². The average molecular weight is 290 g/mol. The van der Waals surface area contributed by atoms with E-state index in [1.54, 1.807) is 7.05 Å². The molecule has 0 aromatic carbocycles. The fraction of sp³-hybridized carbons (Fsp3) is 0.0625. The van der Waals surface area contributed by atoms with Crippen LogP contribution in [0.25, 0.3) is 33.8 Å². The van der Waals surface area contributed by atoms with E-state index < -0.39 is 0 Å². The minimum absolute atomic E-state index is 0.598. The fourth-order valence-electron chi connectivity index (χ4n) is 2.59. The number of anilines is 1. The molecule has 0 atom stereocenters. The van der Waals surface area contributed by atoms with Crippen LogP contribution in [0.2, 0.25) is 0 Å². The number of rotatable bonds is 3. The highest BCUT2D eigenvalue weighted by molar-refractivity contribution is 5.94. The third-order valence-corrected chi connectivity index (χ3v) is 3.74. The molecule has 4 rings (SSSR count). The molecule has 0 unspecified atom stereocenters. The highest BCUT2D eigenvalue weighted by Gasteiger charge is 2.10. The second kappa shape index (κ2) is 4.70. The highest BCUT2D eigenvalue weighted by atomic mass is 15.2. The van der Waals surface area contributed by atoms with E-state index in [-0.39, 0.29) is 0 Å². The molecule has 0 aliphatic rings. The van der Waals surface area contributed by atoms with Gasteiger partial charge < -0.3 is 10.3 Å². The summed E-state index contributed by atoms with van der Waals surface area (Å²) in [4.78, 5) is 11.9. The Bertz CT molecular complexity index is 994. The van der Waals surface area contributed by atoms with E-state index in [2.05, 4.69) is 38.0 Å². The fourth-order valence-corrected chi connectivity index (χ4v) is 2.59. The summed E-state index contributed by atoms with van der Waals surface area (Å²) >= 11 is 0. The van der Waals surface area contributed by atoms with Gasteiger partial charge in [-0.25, -0.2) is 9.50 Å². The highest BCUT2D eigenvalue weighted by Crippen LogP contribution is 2.29. The van der Waals surface area contributed by atoms with Crippen LogP contribution >= 0.6 is 0 Å². The molecule has 4 aromatic heterocycles. The van der Waals surface area contributed by atoms with Gasteiger partial charge in [0.1, 0.15) is 5.65 Å². The first kappa shape index (κ1) is 12.6. The van der Waals surface area contributed by atoms with E-state index in [0.29, 0.717) is 5.95 Å². The molecule has 0 aliphatic carbocycles. The predicted octanol–water partition coefficient (Wildman–Crippen LogP) is 2.96. The molecule has 4 heterocycles. The molecule has 2 N–H and O–H groups in total. The van der Waals surface area contributed by atoms with Gasteiger partial charge in [-0.1, -0.05) is 12.7 Å². The first-order valence-corrected chi connectivity index (χ1v) is 6.92.